The summed E-state index contributed by atoms with van der Waals surface area (Å²) >= 11 is 0. The Morgan fingerprint density at radius 1 is 1.12 bits per heavy atom. The molecule has 0 bridgehead atoms. The van der Waals surface area contributed by atoms with Crippen LogP contribution >= 0.6 is 0 Å². The third kappa shape index (κ3) is 5.01. The lowest BCUT2D eigenvalue weighted by Gasteiger charge is -2.15. The third-order valence-corrected chi connectivity index (χ3v) is 1.81. The van der Waals surface area contributed by atoms with Crippen LogP contribution in [0.3, 0.4) is 0 Å². The van der Waals surface area contributed by atoms with Crippen LogP contribution in [0.5, 0.6) is 0 Å². The van der Waals surface area contributed by atoms with Gasteiger partial charge in [-0.1, -0.05) is 13.8 Å². The van der Waals surface area contributed by atoms with Gasteiger partial charge >= 0.3 is 12.3 Å². The highest BCUT2D eigenvalue weighted by Crippen LogP contribution is 2.22. The number of amides is 2. The number of carbonyl (C=O) groups is 2. The van der Waals surface area contributed by atoms with Gasteiger partial charge in [0.05, 0.1) is 0 Å². The van der Waals surface area contributed by atoms with E-state index in [-0.39, 0.29) is 24.9 Å². The molecule has 8 heteroatoms. The highest BCUT2D eigenvalue weighted by atomic mass is 19.3. The summed E-state index contributed by atoms with van der Waals surface area (Å²) in [6.45, 7) is 2.82. The first kappa shape index (κ1) is 15.7. The third-order valence-electron chi connectivity index (χ3n) is 1.81. The molecule has 0 rings (SSSR count). The zero-order chi connectivity index (χ0) is 13.6. The van der Waals surface area contributed by atoms with E-state index in [1.807, 2.05) is 0 Å². The molecule has 0 heterocycles. The summed E-state index contributed by atoms with van der Waals surface area (Å²) < 4.78 is 48.3. The van der Waals surface area contributed by atoms with Crippen LogP contribution in [0.25, 0.3) is 0 Å². The molecule has 0 aromatic rings. The molecule has 100 valence electrons. The van der Waals surface area contributed by atoms with Crippen molar-refractivity contribution in [3.05, 3.63) is 0 Å². The van der Waals surface area contributed by atoms with Crippen LogP contribution < -0.4 is 10.6 Å². The molecule has 0 saturated heterocycles. The van der Waals surface area contributed by atoms with Gasteiger partial charge in [0.25, 0.3) is 5.91 Å². The second kappa shape index (κ2) is 6.41. The van der Waals surface area contributed by atoms with Crippen LogP contribution in [-0.4, -0.2) is 37.3 Å². The number of halogens is 4. The van der Waals surface area contributed by atoms with Gasteiger partial charge in [0.2, 0.25) is 5.91 Å². The fourth-order valence-electron chi connectivity index (χ4n) is 0.783. The van der Waals surface area contributed by atoms with Crippen molar-refractivity contribution in [2.75, 3.05) is 13.1 Å². The normalized spacial score (nSPS) is 11.8. The van der Waals surface area contributed by atoms with Gasteiger partial charge in [0.15, 0.2) is 0 Å². The van der Waals surface area contributed by atoms with Gasteiger partial charge in [-0.15, -0.1) is 0 Å². The lowest BCUT2D eigenvalue weighted by atomic mass is 10.2. The zero-order valence-electron chi connectivity index (χ0n) is 9.40. The second-order valence-corrected chi connectivity index (χ2v) is 3.63. The Bertz CT molecular complexity index is 282. The van der Waals surface area contributed by atoms with E-state index in [0.717, 1.165) is 0 Å². The first-order chi connectivity index (χ1) is 7.69. The molecule has 0 unspecified atom stereocenters. The van der Waals surface area contributed by atoms with E-state index in [1.165, 1.54) is 0 Å². The van der Waals surface area contributed by atoms with E-state index in [9.17, 15) is 27.2 Å². The Balaban J connectivity index is 3.91. The summed E-state index contributed by atoms with van der Waals surface area (Å²) in [5, 5.41) is 3.95. The molecule has 2 N–H and O–H groups in total. The van der Waals surface area contributed by atoms with Crippen molar-refractivity contribution < 1.29 is 27.2 Å². The maximum absolute atomic E-state index is 12.4. The molecule has 17 heavy (non-hydrogen) atoms. The predicted molar refractivity (Wildman–Crippen MR) is 51.8 cm³/mol. The van der Waals surface area contributed by atoms with Crippen molar-refractivity contribution in [1.82, 2.24) is 10.6 Å². The van der Waals surface area contributed by atoms with Gasteiger partial charge in [0.1, 0.15) is 0 Å². The summed E-state index contributed by atoms with van der Waals surface area (Å²) in [4.78, 5) is 21.6. The number of nitrogens with one attached hydrogen (secondary N) is 2. The van der Waals surface area contributed by atoms with E-state index in [4.69, 9.17) is 0 Å². The largest absolute Gasteiger partial charge is 0.383 e. The highest BCUT2D eigenvalue weighted by Gasteiger charge is 2.48. The average molecular weight is 258 g/mol. The lowest BCUT2D eigenvalue weighted by molar-refractivity contribution is -0.169. The molecule has 0 radical (unpaired) electrons. The van der Waals surface area contributed by atoms with Crippen molar-refractivity contribution in [1.29, 1.82) is 0 Å². The molecule has 0 aliphatic heterocycles. The molecule has 0 aromatic heterocycles. The molecular formula is C9H14F4N2O2. The predicted octanol–water partition coefficient (Wildman–Crippen LogP) is 0.775. The molecule has 0 atom stereocenters. The molecule has 0 aliphatic carbocycles. The Labute approximate surface area is 95.7 Å². The first-order valence-electron chi connectivity index (χ1n) is 4.91. The number of hydrogen-bond acceptors (Lipinski definition) is 2. The first-order valence-corrected chi connectivity index (χ1v) is 4.91. The Morgan fingerprint density at radius 2 is 1.59 bits per heavy atom. The number of carbonyl (C=O) groups excluding carboxylic acids is 2. The summed E-state index contributed by atoms with van der Waals surface area (Å²) in [6.07, 6.45) is -4.05. The van der Waals surface area contributed by atoms with Crippen LogP contribution in [-0.2, 0) is 9.59 Å². The summed E-state index contributed by atoms with van der Waals surface area (Å²) in [6, 6.07) is 0. The van der Waals surface area contributed by atoms with Gasteiger partial charge in [-0.3, -0.25) is 9.59 Å². The van der Waals surface area contributed by atoms with Crippen LogP contribution in [0.1, 0.15) is 13.8 Å². The quantitative estimate of drug-likeness (QED) is 0.546. The Kier molecular flexibility index (Phi) is 5.90. The number of alkyl halides is 4. The molecule has 0 aromatic carbocycles. The molecule has 4 nitrogen and oxygen atoms in total. The minimum Gasteiger partial charge on any atom is -0.354 e. The van der Waals surface area contributed by atoms with Crippen LogP contribution in [0.15, 0.2) is 0 Å². The summed E-state index contributed by atoms with van der Waals surface area (Å²) in [5.41, 5.74) is 0. The molecule has 0 fully saturated rings. The maximum atomic E-state index is 12.4. The van der Waals surface area contributed by atoms with Gasteiger partial charge in [-0.25, -0.2) is 8.78 Å². The average Bonchev–Trinajstić information content (AvgIpc) is 2.22. The highest BCUT2D eigenvalue weighted by molar-refractivity contribution is 5.84. The lowest BCUT2D eigenvalue weighted by Crippen LogP contribution is -2.47. The number of rotatable bonds is 6. The van der Waals surface area contributed by atoms with Crippen molar-refractivity contribution in [2.24, 2.45) is 5.92 Å². The van der Waals surface area contributed by atoms with Crippen molar-refractivity contribution in [3.63, 3.8) is 0 Å². The van der Waals surface area contributed by atoms with E-state index in [0.29, 0.717) is 0 Å². The van der Waals surface area contributed by atoms with Crippen LogP contribution in [0.2, 0.25) is 0 Å². The fourth-order valence-corrected chi connectivity index (χ4v) is 0.783. The monoisotopic (exact) mass is 258 g/mol. The minimum absolute atomic E-state index is 0.0952. The SMILES string of the molecule is CC(C)C(=O)NCCNC(=O)C(F)(F)C(F)F. The minimum atomic E-state index is -4.71. The smallest absolute Gasteiger partial charge is 0.354 e. The zero-order valence-corrected chi connectivity index (χ0v) is 9.40. The second-order valence-electron chi connectivity index (χ2n) is 3.63. The maximum Gasteiger partial charge on any atom is 0.383 e. The Hall–Kier alpha value is -1.34. The van der Waals surface area contributed by atoms with E-state index in [1.54, 1.807) is 19.2 Å². The molecule has 0 saturated carbocycles. The van der Waals surface area contributed by atoms with Gasteiger partial charge in [0, 0.05) is 19.0 Å². The van der Waals surface area contributed by atoms with E-state index < -0.39 is 18.3 Å². The van der Waals surface area contributed by atoms with Crippen LogP contribution in [0.4, 0.5) is 17.6 Å². The Morgan fingerprint density at radius 3 is 2.00 bits per heavy atom. The van der Waals surface area contributed by atoms with E-state index >= 15 is 0 Å². The fraction of sp³-hybridized carbons (Fsp3) is 0.778. The standard InChI is InChI=1S/C9H14F4N2O2/c1-5(2)6(16)14-3-4-15-8(17)9(12,13)7(10)11/h5,7H,3-4H2,1-2H3,(H,14,16)(H,15,17). The van der Waals surface area contributed by atoms with Gasteiger partial charge in [-0.2, -0.15) is 8.78 Å². The summed E-state index contributed by atoms with van der Waals surface area (Å²) in [7, 11) is 0. The molecule has 0 aliphatic rings. The summed E-state index contributed by atoms with van der Waals surface area (Å²) in [5.74, 6) is -7.36. The number of hydrogen-bond donors (Lipinski definition) is 2. The van der Waals surface area contributed by atoms with Crippen LogP contribution in [0, 0.1) is 5.92 Å². The van der Waals surface area contributed by atoms with E-state index in [2.05, 4.69) is 5.32 Å². The van der Waals surface area contributed by atoms with Gasteiger partial charge in [-0.05, 0) is 0 Å². The van der Waals surface area contributed by atoms with Crippen molar-refractivity contribution in [2.45, 2.75) is 26.2 Å². The topological polar surface area (TPSA) is 58.2 Å². The van der Waals surface area contributed by atoms with Crippen molar-refractivity contribution >= 4 is 11.8 Å². The molecule has 0 spiro atoms. The molecular weight excluding hydrogens is 244 g/mol. The van der Waals surface area contributed by atoms with Gasteiger partial charge < -0.3 is 10.6 Å². The molecule has 2 amide bonds. The van der Waals surface area contributed by atoms with Crippen molar-refractivity contribution in [3.8, 4) is 0 Å².